The lowest BCUT2D eigenvalue weighted by molar-refractivity contribution is 0.209. The molecule has 0 heterocycles. The van der Waals surface area contributed by atoms with Gasteiger partial charge in [-0.25, -0.2) is 0 Å². The molecule has 0 amide bonds. The van der Waals surface area contributed by atoms with Gasteiger partial charge in [-0.2, -0.15) is 0 Å². The van der Waals surface area contributed by atoms with Crippen LogP contribution in [-0.2, 0) is 0 Å². The molecule has 0 bridgehead atoms. The SMILES string of the molecule is C=C(C)/C(=C/C)N=C(C)C(C)CC(C(C)C)N(C)C(=C)CCCC. The third-order valence-corrected chi connectivity index (χ3v) is 4.90. The van der Waals surface area contributed by atoms with Crippen LogP contribution in [0.5, 0.6) is 0 Å². The Labute approximate surface area is 151 Å². The number of hydrogen-bond donors (Lipinski definition) is 0. The van der Waals surface area contributed by atoms with Crippen LogP contribution in [0.15, 0.2) is 41.2 Å². The third-order valence-electron chi connectivity index (χ3n) is 4.90. The molecule has 0 aliphatic carbocycles. The molecule has 0 N–H and O–H groups in total. The number of nitrogens with zero attached hydrogens (tertiary/aromatic N) is 2. The van der Waals surface area contributed by atoms with E-state index >= 15 is 0 Å². The molecule has 2 heteroatoms. The first-order chi connectivity index (χ1) is 11.1. The van der Waals surface area contributed by atoms with E-state index in [9.17, 15) is 0 Å². The van der Waals surface area contributed by atoms with Gasteiger partial charge in [-0.05, 0) is 57.4 Å². The van der Waals surface area contributed by atoms with Gasteiger partial charge in [-0.15, -0.1) is 0 Å². The standard InChI is InChI=1S/C22H40N2/c1-11-13-14-19(8)24(10)22(17(5)6)15-18(7)20(9)23-21(12-2)16(3)4/h12,17-18,22H,3,8,11,13-15H2,1-2,4-7,9-10H3/b21-12-,23-20?. The van der Waals surface area contributed by atoms with E-state index in [2.05, 4.69) is 59.7 Å². The van der Waals surface area contributed by atoms with Crippen LogP contribution in [0.4, 0.5) is 0 Å². The minimum Gasteiger partial charge on any atom is -0.375 e. The first kappa shape index (κ1) is 22.7. The van der Waals surface area contributed by atoms with Gasteiger partial charge < -0.3 is 4.90 Å². The first-order valence-corrected chi connectivity index (χ1v) is 9.43. The fraction of sp³-hybridized carbons (Fsp3) is 0.682. The maximum atomic E-state index is 4.80. The van der Waals surface area contributed by atoms with E-state index in [1.165, 1.54) is 24.3 Å². The summed E-state index contributed by atoms with van der Waals surface area (Å²) >= 11 is 0. The number of allylic oxidation sites excluding steroid dienone is 3. The third kappa shape index (κ3) is 7.51. The van der Waals surface area contributed by atoms with E-state index in [1.54, 1.807) is 0 Å². The molecule has 2 unspecified atom stereocenters. The summed E-state index contributed by atoms with van der Waals surface area (Å²) in [6.45, 7) is 23.6. The molecule has 0 radical (unpaired) electrons. The van der Waals surface area contributed by atoms with E-state index in [-0.39, 0.29) is 0 Å². The largest absolute Gasteiger partial charge is 0.375 e. The van der Waals surface area contributed by atoms with Crippen molar-refractivity contribution in [3.8, 4) is 0 Å². The Morgan fingerprint density at radius 1 is 1.17 bits per heavy atom. The molecule has 2 nitrogen and oxygen atoms in total. The smallest absolute Gasteiger partial charge is 0.0609 e. The van der Waals surface area contributed by atoms with Gasteiger partial charge in [0.1, 0.15) is 0 Å². The quantitative estimate of drug-likeness (QED) is 0.307. The molecule has 0 aliphatic heterocycles. The molecule has 0 aromatic rings. The van der Waals surface area contributed by atoms with Crippen LogP contribution in [-0.4, -0.2) is 23.7 Å². The van der Waals surface area contributed by atoms with Gasteiger partial charge in [0.05, 0.1) is 5.70 Å². The average molecular weight is 333 g/mol. The minimum atomic E-state index is 0.438. The van der Waals surface area contributed by atoms with Crippen LogP contribution in [0.3, 0.4) is 0 Å². The predicted octanol–water partition coefficient (Wildman–Crippen LogP) is 6.61. The molecule has 0 saturated carbocycles. The van der Waals surface area contributed by atoms with Gasteiger partial charge in [-0.3, -0.25) is 4.99 Å². The molecule has 138 valence electrons. The van der Waals surface area contributed by atoms with Gasteiger partial charge >= 0.3 is 0 Å². The van der Waals surface area contributed by atoms with Crippen LogP contribution < -0.4 is 0 Å². The molecular formula is C22H40N2. The van der Waals surface area contributed by atoms with Crippen molar-refractivity contribution in [1.29, 1.82) is 0 Å². The van der Waals surface area contributed by atoms with Gasteiger partial charge in [0, 0.05) is 24.5 Å². The second-order valence-electron chi connectivity index (χ2n) is 7.44. The molecule has 0 aromatic carbocycles. The van der Waals surface area contributed by atoms with Crippen molar-refractivity contribution in [2.45, 2.75) is 80.2 Å². The molecule has 0 saturated heterocycles. The van der Waals surface area contributed by atoms with Gasteiger partial charge in [0.2, 0.25) is 0 Å². The molecule has 0 aliphatic rings. The molecular weight excluding hydrogens is 292 g/mol. The highest BCUT2D eigenvalue weighted by molar-refractivity contribution is 5.85. The van der Waals surface area contributed by atoms with Crippen molar-refractivity contribution in [2.75, 3.05) is 7.05 Å². The summed E-state index contributed by atoms with van der Waals surface area (Å²) in [5.41, 5.74) is 4.47. The fourth-order valence-electron chi connectivity index (χ4n) is 2.91. The summed E-state index contributed by atoms with van der Waals surface area (Å²) in [5.74, 6) is 1.03. The topological polar surface area (TPSA) is 15.6 Å². The van der Waals surface area contributed by atoms with Gasteiger partial charge in [0.15, 0.2) is 0 Å². The van der Waals surface area contributed by atoms with Crippen molar-refractivity contribution < 1.29 is 0 Å². The highest BCUT2D eigenvalue weighted by Gasteiger charge is 2.23. The Hall–Kier alpha value is -1.31. The maximum absolute atomic E-state index is 4.80. The highest BCUT2D eigenvalue weighted by Crippen LogP contribution is 2.24. The summed E-state index contributed by atoms with van der Waals surface area (Å²) in [5, 5.41) is 0. The molecule has 0 fully saturated rings. The van der Waals surface area contributed by atoms with Crippen molar-refractivity contribution in [2.24, 2.45) is 16.8 Å². The lowest BCUT2D eigenvalue weighted by Gasteiger charge is -2.36. The van der Waals surface area contributed by atoms with E-state index in [0.29, 0.717) is 17.9 Å². The molecule has 0 rings (SSSR count). The second-order valence-corrected chi connectivity index (χ2v) is 7.44. The van der Waals surface area contributed by atoms with Crippen LogP contribution in [0, 0.1) is 11.8 Å². The fourth-order valence-corrected chi connectivity index (χ4v) is 2.91. The van der Waals surface area contributed by atoms with Gasteiger partial charge in [-0.1, -0.05) is 53.3 Å². The van der Waals surface area contributed by atoms with Crippen LogP contribution in [0.1, 0.15) is 74.1 Å². The Kier molecular flexibility index (Phi) is 10.7. The normalized spacial score (nSPS) is 15.4. The van der Waals surface area contributed by atoms with Gasteiger partial charge in [0.25, 0.3) is 0 Å². The second kappa shape index (κ2) is 11.3. The summed E-state index contributed by atoms with van der Waals surface area (Å²) in [4.78, 5) is 7.20. The maximum Gasteiger partial charge on any atom is 0.0609 e. The lowest BCUT2D eigenvalue weighted by Crippen LogP contribution is -2.37. The molecule has 2 atom stereocenters. The zero-order valence-electron chi connectivity index (χ0n) is 17.4. The van der Waals surface area contributed by atoms with E-state index in [0.717, 1.165) is 24.1 Å². The Morgan fingerprint density at radius 2 is 1.75 bits per heavy atom. The Morgan fingerprint density at radius 3 is 2.17 bits per heavy atom. The Balaban J connectivity index is 5.09. The summed E-state index contributed by atoms with van der Waals surface area (Å²) in [6, 6.07) is 0.494. The highest BCUT2D eigenvalue weighted by atomic mass is 15.1. The number of rotatable bonds is 11. The number of hydrogen-bond acceptors (Lipinski definition) is 2. The number of unbranched alkanes of at least 4 members (excludes halogenated alkanes) is 1. The van der Waals surface area contributed by atoms with E-state index in [1.807, 2.05) is 19.9 Å². The van der Waals surface area contributed by atoms with Crippen LogP contribution in [0.2, 0.25) is 0 Å². The average Bonchev–Trinajstić information content (AvgIpc) is 2.53. The summed E-state index contributed by atoms with van der Waals surface area (Å²) in [6.07, 6.45) is 6.66. The molecule has 0 aromatic heterocycles. The number of aliphatic imine (C=N–C) groups is 1. The zero-order valence-corrected chi connectivity index (χ0v) is 17.4. The van der Waals surface area contributed by atoms with Crippen molar-refractivity contribution in [1.82, 2.24) is 4.90 Å². The van der Waals surface area contributed by atoms with Crippen molar-refractivity contribution >= 4 is 5.71 Å². The van der Waals surface area contributed by atoms with Crippen LogP contribution in [0.25, 0.3) is 0 Å². The minimum absolute atomic E-state index is 0.438. The molecule has 24 heavy (non-hydrogen) atoms. The zero-order chi connectivity index (χ0) is 18.9. The first-order valence-electron chi connectivity index (χ1n) is 9.43. The van der Waals surface area contributed by atoms with E-state index < -0.39 is 0 Å². The summed E-state index contributed by atoms with van der Waals surface area (Å²) in [7, 11) is 2.20. The van der Waals surface area contributed by atoms with Crippen molar-refractivity contribution in [3.63, 3.8) is 0 Å². The predicted molar refractivity (Wildman–Crippen MR) is 111 cm³/mol. The van der Waals surface area contributed by atoms with E-state index in [4.69, 9.17) is 4.99 Å². The van der Waals surface area contributed by atoms with Crippen molar-refractivity contribution in [3.05, 3.63) is 36.2 Å². The van der Waals surface area contributed by atoms with Crippen LogP contribution >= 0.6 is 0 Å². The monoisotopic (exact) mass is 332 g/mol. The molecule has 0 spiro atoms. The lowest BCUT2D eigenvalue weighted by atomic mass is 9.89. The summed E-state index contributed by atoms with van der Waals surface area (Å²) < 4.78 is 0. The Bertz CT molecular complexity index is 468.